The zero-order valence-corrected chi connectivity index (χ0v) is 9.87. The van der Waals surface area contributed by atoms with Crippen molar-refractivity contribution in [2.45, 2.75) is 0 Å². The first-order valence-electron chi connectivity index (χ1n) is 4.63. The molecule has 0 fully saturated rings. The third-order valence-electron chi connectivity index (χ3n) is 2.00. The van der Waals surface area contributed by atoms with Crippen molar-refractivity contribution in [3.8, 4) is 11.5 Å². The van der Waals surface area contributed by atoms with Gasteiger partial charge < -0.3 is 10.5 Å². The number of anilines is 1. The van der Waals surface area contributed by atoms with Gasteiger partial charge in [-0.05, 0) is 42.5 Å². The first-order valence-corrected chi connectivity index (χ1v) is 5.43. The van der Waals surface area contributed by atoms with Crippen LogP contribution in [0.5, 0.6) is 11.5 Å². The standard InChI is InChI=1S/C12H9BrFNO/c13-8-1-6-12(11(14)7-8)16-10-4-2-9(15)3-5-10/h1-7H,15H2. The van der Waals surface area contributed by atoms with Crippen molar-refractivity contribution >= 4 is 21.6 Å². The highest BCUT2D eigenvalue weighted by Gasteiger charge is 2.04. The molecule has 0 atom stereocenters. The van der Waals surface area contributed by atoms with E-state index in [2.05, 4.69) is 15.9 Å². The predicted octanol–water partition coefficient (Wildman–Crippen LogP) is 3.96. The fourth-order valence-electron chi connectivity index (χ4n) is 1.22. The van der Waals surface area contributed by atoms with Crippen LogP contribution in [0.1, 0.15) is 0 Å². The summed E-state index contributed by atoms with van der Waals surface area (Å²) in [6, 6.07) is 11.4. The molecule has 0 amide bonds. The molecule has 0 saturated carbocycles. The molecule has 2 nitrogen and oxygen atoms in total. The minimum absolute atomic E-state index is 0.188. The Kier molecular flexibility index (Phi) is 3.10. The van der Waals surface area contributed by atoms with E-state index in [1.165, 1.54) is 6.07 Å². The molecule has 4 heteroatoms. The Morgan fingerprint density at radius 1 is 1.06 bits per heavy atom. The molecule has 82 valence electrons. The van der Waals surface area contributed by atoms with Crippen molar-refractivity contribution in [3.63, 3.8) is 0 Å². The molecule has 0 radical (unpaired) electrons. The molecule has 0 aliphatic carbocycles. The molecule has 0 unspecified atom stereocenters. The van der Waals surface area contributed by atoms with Crippen molar-refractivity contribution in [1.82, 2.24) is 0 Å². The summed E-state index contributed by atoms with van der Waals surface area (Å²) in [5, 5.41) is 0. The lowest BCUT2D eigenvalue weighted by atomic mass is 10.3. The molecule has 0 spiro atoms. The maximum absolute atomic E-state index is 13.4. The summed E-state index contributed by atoms with van der Waals surface area (Å²) in [6.45, 7) is 0. The zero-order chi connectivity index (χ0) is 11.5. The van der Waals surface area contributed by atoms with Gasteiger partial charge in [0.15, 0.2) is 11.6 Å². The fraction of sp³-hybridized carbons (Fsp3) is 0. The number of ether oxygens (including phenoxy) is 1. The molecule has 0 bridgehead atoms. The Hall–Kier alpha value is -1.55. The molecule has 16 heavy (non-hydrogen) atoms. The molecule has 2 aromatic rings. The van der Waals surface area contributed by atoms with Crippen LogP contribution in [0.15, 0.2) is 46.9 Å². The summed E-state index contributed by atoms with van der Waals surface area (Å²) >= 11 is 3.18. The second-order valence-corrected chi connectivity index (χ2v) is 4.16. The van der Waals surface area contributed by atoms with Crippen LogP contribution in [0.2, 0.25) is 0 Å². The highest BCUT2D eigenvalue weighted by molar-refractivity contribution is 9.10. The second kappa shape index (κ2) is 4.53. The quantitative estimate of drug-likeness (QED) is 0.846. The molecule has 0 aromatic heterocycles. The van der Waals surface area contributed by atoms with Gasteiger partial charge in [0, 0.05) is 10.2 Å². The molecule has 0 aliphatic heterocycles. The topological polar surface area (TPSA) is 35.2 Å². The Labute approximate surface area is 101 Å². The lowest BCUT2D eigenvalue weighted by Crippen LogP contribution is -1.89. The number of nitrogen functional groups attached to an aromatic ring is 1. The number of benzene rings is 2. The van der Waals surface area contributed by atoms with E-state index in [1.807, 2.05) is 0 Å². The van der Waals surface area contributed by atoms with Gasteiger partial charge in [-0.3, -0.25) is 0 Å². The fourth-order valence-corrected chi connectivity index (χ4v) is 1.55. The van der Waals surface area contributed by atoms with Crippen LogP contribution < -0.4 is 10.5 Å². The molecule has 2 aromatic carbocycles. The average molecular weight is 282 g/mol. The predicted molar refractivity (Wildman–Crippen MR) is 65.0 cm³/mol. The number of hydrogen-bond acceptors (Lipinski definition) is 2. The molecule has 2 N–H and O–H groups in total. The maximum Gasteiger partial charge on any atom is 0.166 e. The Morgan fingerprint density at radius 2 is 1.75 bits per heavy atom. The van der Waals surface area contributed by atoms with Crippen molar-refractivity contribution in [3.05, 3.63) is 52.8 Å². The summed E-state index contributed by atoms with van der Waals surface area (Å²) in [5.41, 5.74) is 6.18. The largest absolute Gasteiger partial charge is 0.454 e. The van der Waals surface area contributed by atoms with Crippen molar-refractivity contribution < 1.29 is 9.13 Å². The van der Waals surface area contributed by atoms with E-state index in [0.717, 1.165) is 0 Å². The van der Waals surface area contributed by atoms with Gasteiger partial charge in [-0.25, -0.2) is 4.39 Å². The van der Waals surface area contributed by atoms with E-state index in [-0.39, 0.29) is 5.75 Å². The summed E-state index contributed by atoms with van der Waals surface area (Å²) in [5.74, 6) is 0.328. The third-order valence-corrected chi connectivity index (χ3v) is 2.50. The highest BCUT2D eigenvalue weighted by Crippen LogP contribution is 2.27. The lowest BCUT2D eigenvalue weighted by molar-refractivity contribution is 0.442. The van der Waals surface area contributed by atoms with E-state index in [4.69, 9.17) is 10.5 Å². The van der Waals surface area contributed by atoms with Gasteiger partial charge in [0.05, 0.1) is 0 Å². The van der Waals surface area contributed by atoms with E-state index in [9.17, 15) is 4.39 Å². The minimum Gasteiger partial charge on any atom is -0.454 e. The lowest BCUT2D eigenvalue weighted by Gasteiger charge is -2.06. The van der Waals surface area contributed by atoms with Crippen LogP contribution in [0.3, 0.4) is 0 Å². The molecule has 2 rings (SSSR count). The van der Waals surface area contributed by atoms with Crippen LogP contribution in [0.25, 0.3) is 0 Å². The van der Waals surface area contributed by atoms with Crippen molar-refractivity contribution in [2.24, 2.45) is 0 Å². The highest BCUT2D eigenvalue weighted by atomic mass is 79.9. The Morgan fingerprint density at radius 3 is 2.38 bits per heavy atom. The van der Waals surface area contributed by atoms with E-state index in [0.29, 0.717) is 15.9 Å². The monoisotopic (exact) mass is 281 g/mol. The number of nitrogens with two attached hydrogens (primary N) is 1. The molecule has 0 aliphatic rings. The van der Waals surface area contributed by atoms with Gasteiger partial charge in [0.2, 0.25) is 0 Å². The number of halogens is 2. The van der Waals surface area contributed by atoms with Crippen LogP contribution >= 0.6 is 15.9 Å². The van der Waals surface area contributed by atoms with Gasteiger partial charge in [-0.1, -0.05) is 15.9 Å². The first kappa shape index (κ1) is 11.0. The van der Waals surface area contributed by atoms with Gasteiger partial charge in [0.25, 0.3) is 0 Å². The van der Waals surface area contributed by atoms with Gasteiger partial charge >= 0.3 is 0 Å². The van der Waals surface area contributed by atoms with Gasteiger partial charge in [-0.2, -0.15) is 0 Å². The molecule has 0 saturated heterocycles. The van der Waals surface area contributed by atoms with Crippen molar-refractivity contribution in [2.75, 3.05) is 5.73 Å². The molecular weight excluding hydrogens is 273 g/mol. The summed E-state index contributed by atoms with van der Waals surface area (Å²) in [4.78, 5) is 0. The molecule has 0 heterocycles. The van der Waals surface area contributed by atoms with E-state index in [1.54, 1.807) is 36.4 Å². The van der Waals surface area contributed by atoms with Gasteiger partial charge in [0.1, 0.15) is 5.75 Å². The Bertz CT molecular complexity index is 499. The third kappa shape index (κ3) is 2.52. The normalized spacial score (nSPS) is 10.1. The van der Waals surface area contributed by atoms with Crippen LogP contribution in [-0.2, 0) is 0 Å². The summed E-state index contributed by atoms with van der Waals surface area (Å²) in [7, 11) is 0. The van der Waals surface area contributed by atoms with Gasteiger partial charge in [-0.15, -0.1) is 0 Å². The number of hydrogen-bond donors (Lipinski definition) is 1. The summed E-state index contributed by atoms with van der Waals surface area (Å²) < 4.78 is 19.5. The number of rotatable bonds is 2. The minimum atomic E-state index is -0.411. The summed E-state index contributed by atoms with van der Waals surface area (Å²) in [6.07, 6.45) is 0. The van der Waals surface area contributed by atoms with Crippen LogP contribution in [0.4, 0.5) is 10.1 Å². The first-order chi connectivity index (χ1) is 7.65. The smallest absolute Gasteiger partial charge is 0.166 e. The maximum atomic E-state index is 13.4. The van der Waals surface area contributed by atoms with Crippen LogP contribution in [0, 0.1) is 5.82 Å². The van der Waals surface area contributed by atoms with Crippen molar-refractivity contribution in [1.29, 1.82) is 0 Å². The van der Waals surface area contributed by atoms with E-state index >= 15 is 0 Å². The van der Waals surface area contributed by atoms with E-state index < -0.39 is 5.82 Å². The average Bonchev–Trinajstić information content (AvgIpc) is 2.25. The second-order valence-electron chi connectivity index (χ2n) is 3.25. The van der Waals surface area contributed by atoms with Crippen LogP contribution in [-0.4, -0.2) is 0 Å². The Balaban J connectivity index is 2.23. The zero-order valence-electron chi connectivity index (χ0n) is 8.28. The molecular formula is C12H9BrFNO. The SMILES string of the molecule is Nc1ccc(Oc2ccc(Br)cc2F)cc1.